The Morgan fingerprint density at radius 3 is 2.52 bits per heavy atom. The number of thiazole rings is 1. The zero-order valence-corrected chi connectivity index (χ0v) is 12.5. The Hall–Kier alpha value is -2.55. The van der Waals surface area contributed by atoms with Gasteiger partial charge in [0.2, 0.25) is 0 Å². The Bertz CT molecular complexity index is 871. The monoisotopic (exact) mass is 341 g/mol. The highest BCUT2D eigenvalue weighted by Crippen LogP contribution is 2.43. The predicted molar refractivity (Wildman–Crippen MR) is 78.2 cm³/mol. The van der Waals surface area contributed by atoms with E-state index in [4.69, 9.17) is 0 Å². The van der Waals surface area contributed by atoms with E-state index in [0.29, 0.717) is 5.01 Å². The Balaban J connectivity index is 2.28. The van der Waals surface area contributed by atoms with Crippen LogP contribution in [0.5, 0.6) is 11.5 Å². The molecule has 0 atom stereocenters. The van der Waals surface area contributed by atoms with Gasteiger partial charge in [-0.15, -0.1) is 11.3 Å². The van der Waals surface area contributed by atoms with E-state index in [1.165, 1.54) is 28.8 Å². The summed E-state index contributed by atoms with van der Waals surface area (Å²) in [6.07, 6.45) is -4.65. The van der Waals surface area contributed by atoms with Gasteiger partial charge in [-0.05, 0) is 19.1 Å². The number of halogens is 3. The summed E-state index contributed by atoms with van der Waals surface area (Å²) in [5, 5.41) is 27.0. The first-order valence-electron chi connectivity index (χ1n) is 6.38. The predicted octanol–water partition coefficient (Wildman–Crippen LogP) is 3.94. The van der Waals surface area contributed by atoms with Crippen LogP contribution in [0.4, 0.5) is 13.2 Å². The summed E-state index contributed by atoms with van der Waals surface area (Å²) >= 11 is 1.21. The quantitative estimate of drug-likeness (QED) is 0.659. The maximum atomic E-state index is 13.2. The van der Waals surface area contributed by atoms with Crippen LogP contribution in [0.3, 0.4) is 0 Å². The number of benzene rings is 1. The van der Waals surface area contributed by atoms with Crippen LogP contribution in [0.1, 0.15) is 10.7 Å². The molecule has 0 fully saturated rings. The first kappa shape index (κ1) is 15.3. The molecule has 3 N–H and O–H groups in total. The highest BCUT2D eigenvalue weighted by atomic mass is 32.1. The third kappa shape index (κ3) is 2.74. The molecule has 9 heteroatoms. The summed E-state index contributed by atoms with van der Waals surface area (Å²) < 4.78 is 39.7. The lowest BCUT2D eigenvalue weighted by atomic mass is 10.0. The molecule has 0 saturated heterocycles. The van der Waals surface area contributed by atoms with E-state index in [-0.39, 0.29) is 34.0 Å². The van der Waals surface area contributed by atoms with Crippen molar-refractivity contribution in [1.82, 2.24) is 15.2 Å². The summed E-state index contributed by atoms with van der Waals surface area (Å²) in [5.41, 5.74) is -1.17. The second-order valence-electron chi connectivity index (χ2n) is 4.77. The number of phenols is 2. The van der Waals surface area contributed by atoms with Gasteiger partial charge in [0.25, 0.3) is 0 Å². The molecular formula is C14H10F3N3O2S. The van der Waals surface area contributed by atoms with Gasteiger partial charge >= 0.3 is 6.18 Å². The van der Waals surface area contributed by atoms with Gasteiger partial charge in [-0.3, -0.25) is 5.10 Å². The van der Waals surface area contributed by atoms with Crippen LogP contribution in [0, 0.1) is 6.92 Å². The zero-order chi connectivity index (χ0) is 16.8. The Morgan fingerprint density at radius 2 is 1.96 bits per heavy atom. The highest BCUT2D eigenvalue weighted by Gasteiger charge is 2.39. The van der Waals surface area contributed by atoms with E-state index < -0.39 is 11.9 Å². The molecule has 1 aromatic carbocycles. The summed E-state index contributed by atoms with van der Waals surface area (Å²) in [5.74, 6) is -0.581. The Labute approximate surface area is 132 Å². The van der Waals surface area contributed by atoms with Crippen molar-refractivity contribution >= 4 is 11.3 Å². The minimum absolute atomic E-state index is 0.0650. The van der Waals surface area contributed by atoms with Crippen LogP contribution in [0.25, 0.3) is 22.5 Å². The zero-order valence-electron chi connectivity index (χ0n) is 11.6. The molecular weight excluding hydrogens is 331 g/mol. The Morgan fingerprint density at radius 1 is 1.22 bits per heavy atom. The molecule has 0 aliphatic heterocycles. The minimum Gasteiger partial charge on any atom is -0.508 e. The molecule has 0 bridgehead atoms. The molecule has 0 spiro atoms. The lowest BCUT2D eigenvalue weighted by molar-refractivity contribution is -0.140. The number of alkyl halides is 3. The van der Waals surface area contributed by atoms with Crippen molar-refractivity contribution in [2.24, 2.45) is 0 Å². The van der Waals surface area contributed by atoms with Crippen LogP contribution >= 0.6 is 11.3 Å². The number of nitrogens with zero attached hydrogens (tertiary/aromatic N) is 2. The molecule has 2 aromatic heterocycles. The number of aromatic amines is 1. The van der Waals surface area contributed by atoms with Gasteiger partial charge in [0.1, 0.15) is 22.9 Å². The average Bonchev–Trinajstić information content (AvgIpc) is 3.04. The normalized spacial score (nSPS) is 11.8. The summed E-state index contributed by atoms with van der Waals surface area (Å²) in [6, 6.07) is 3.59. The lowest BCUT2D eigenvalue weighted by Gasteiger charge is -2.08. The number of aromatic hydroxyl groups is 2. The molecule has 0 aliphatic carbocycles. The highest BCUT2D eigenvalue weighted by molar-refractivity contribution is 7.09. The van der Waals surface area contributed by atoms with Crippen LogP contribution in [0.2, 0.25) is 0 Å². The van der Waals surface area contributed by atoms with E-state index in [1.807, 2.05) is 5.10 Å². The third-order valence-corrected chi connectivity index (χ3v) is 3.93. The van der Waals surface area contributed by atoms with Gasteiger partial charge < -0.3 is 10.2 Å². The smallest absolute Gasteiger partial charge is 0.433 e. The topological polar surface area (TPSA) is 82.0 Å². The number of rotatable bonds is 2. The van der Waals surface area contributed by atoms with Gasteiger partial charge in [0.15, 0.2) is 0 Å². The number of phenolic OH excluding ortho intramolecular Hbond substituents is 2. The molecule has 5 nitrogen and oxygen atoms in total. The van der Waals surface area contributed by atoms with Crippen molar-refractivity contribution in [1.29, 1.82) is 0 Å². The van der Waals surface area contributed by atoms with Crippen molar-refractivity contribution in [2.75, 3.05) is 0 Å². The molecule has 0 unspecified atom stereocenters. The molecule has 3 rings (SSSR count). The minimum atomic E-state index is -4.65. The van der Waals surface area contributed by atoms with Crippen molar-refractivity contribution < 1.29 is 23.4 Å². The summed E-state index contributed by atoms with van der Waals surface area (Å²) in [6.45, 7) is 1.68. The Kier molecular flexibility index (Phi) is 3.52. The number of nitrogens with one attached hydrogen (secondary N) is 1. The van der Waals surface area contributed by atoms with Crippen LogP contribution in [-0.2, 0) is 6.18 Å². The fourth-order valence-corrected chi connectivity index (χ4v) is 2.79. The maximum Gasteiger partial charge on any atom is 0.433 e. The molecule has 0 aliphatic rings. The first-order chi connectivity index (χ1) is 10.8. The summed E-state index contributed by atoms with van der Waals surface area (Å²) in [4.78, 5) is 4.09. The SMILES string of the molecule is Cc1nc(-c2c(-c3ccc(O)cc3O)n[nH]c2C(F)(F)F)cs1. The second-order valence-corrected chi connectivity index (χ2v) is 5.84. The molecule has 0 saturated carbocycles. The number of hydrogen-bond acceptors (Lipinski definition) is 5. The number of aromatic nitrogens is 3. The van der Waals surface area contributed by atoms with Gasteiger partial charge in [0, 0.05) is 17.0 Å². The molecule has 120 valence electrons. The van der Waals surface area contributed by atoms with Gasteiger partial charge in [-0.25, -0.2) is 4.98 Å². The van der Waals surface area contributed by atoms with E-state index in [0.717, 1.165) is 6.07 Å². The van der Waals surface area contributed by atoms with E-state index in [9.17, 15) is 23.4 Å². The standard InChI is InChI=1S/C14H10F3N3O2S/c1-6-18-9(5-23-6)11-12(19-20-13(11)14(15,16)17)8-3-2-7(21)4-10(8)22/h2-5,21-22H,1H3,(H,19,20). The molecule has 0 amide bonds. The maximum absolute atomic E-state index is 13.2. The van der Waals surface area contributed by atoms with Crippen molar-refractivity contribution in [3.63, 3.8) is 0 Å². The second kappa shape index (κ2) is 5.27. The third-order valence-electron chi connectivity index (χ3n) is 3.16. The lowest BCUT2D eigenvalue weighted by Crippen LogP contribution is -2.07. The number of aryl methyl sites for hydroxylation is 1. The molecule has 3 aromatic rings. The summed E-state index contributed by atoms with van der Waals surface area (Å²) in [7, 11) is 0. The van der Waals surface area contributed by atoms with Crippen molar-refractivity contribution in [3.8, 4) is 34.0 Å². The fourth-order valence-electron chi connectivity index (χ4n) is 2.19. The van der Waals surface area contributed by atoms with Gasteiger partial charge in [0.05, 0.1) is 16.3 Å². The van der Waals surface area contributed by atoms with Crippen LogP contribution in [0.15, 0.2) is 23.6 Å². The largest absolute Gasteiger partial charge is 0.508 e. The van der Waals surface area contributed by atoms with Gasteiger partial charge in [-0.1, -0.05) is 0 Å². The fraction of sp³-hybridized carbons (Fsp3) is 0.143. The average molecular weight is 341 g/mol. The van der Waals surface area contributed by atoms with Gasteiger partial charge in [-0.2, -0.15) is 18.3 Å². The van der Waals surface area contributed by atoms with Crippen molar-refractivity contribution in [2.45, 2.75) is 13.1 Å². The first-order valence-corrected chi connectivity index (χ1v) is 7.25. The van der Waals surface area contributed by atoms with E-state index in [2.05, 4.69) is 10.1 Å². The van der Waals surface area contributed by atoms with Crippen LogP contribution in [-0.4, -0.2) is 25.4 Å². The van der Waals surface area contributed by atoms with Crippen molar-refractivity contribution in [3.05, 3.63) is 34.3 Å². The van der Waals surface area contributed by atoms with E-state index >= 15 is 0 Å². The number of H-pyrrole nitrogens is 1. The van der Waals surface area contributed by atoms with E-state index in [1.54, 1.807) is 6.92 Å². The molecule has 2 heterocycles. The number of hydrogen-bond donors (Lipinski definition) is 3. The van der Waals surface area contributed by atoms with Crippen LogP contribution < -0.4 is 0 Å². The molecule has 0 radical (unpaired) electrons. The molecule has 23 heavy (non-hydrogen) atoms.